The summed E-state index contributed by atoms with van der Waals surface area (Å²) in [5.74, 6) is 0.672. The van der Waals surface area contributed by atoms with E-state index in [4.69, 9.17) is 21.1 Å². The number of carbonyl (C=O) groups is 1. The number of carboxylic acids is 1. The lowest BCUT2D eigenvalue weighted by Crippen LogP contribution is -2.35. The van der Waals surface area contributed by atoms with Gasteiger partial charge in [-0.25, -0.2) is 0 Å². The van der Waals surface area contributed by atoms with Crippen molar-refractivity contribution >= 4 is 17.6 Å². The van der Waals surface area contributed by atoms with Gasteiger partial charge in [-0.3, -0.25) is 14.3 Å². The second-order valence-electron chi connectivity index (χ2n) is 10.5. The summed E-state index contributed by atoms with van der Waals surface area (Å²) in [4.78, 5) is 14.0. The summed E-state index contributed by atoms with van der Waals surface area (Å²) in [6.07, 6.45) is 4.19. The van der Waals surface area contributed by atoms with Gasteiger partial charge in [-0.1, -0.05) is 36.7 Å². The summed E-state index contributed by atoms with van der Waals surface area (Å²) < 4.78 is 12.9. The molecule has 1 fully saturated rings. The highest BCUT2D eigenvalue weighted by atomic mass is 35.5. The largest absolute Gasteiger partial charge is 0.494 e. The standard InChI is InChI=1S/C31H39ClN2O6/c1-3-26(23-9-11-25(32)12-10-23)33(19-21-4-7-24(8-5-21)31(37)38)20-22-6-13-27(28(18-22)39-2)40-17-16-34-29(35)14-15-30(34)36/h6,9-15,18,21,24,26,35-36H,3-5,7-8,16-17,19-20H2,1-2H3,(H,37,38). The van der Waals surface area contributed by atoms with Crippen LogP contribution in [0.2, 0.25) is 5.02 Å². The fraction of sp³-hybridized carbons (Fsp3) is 0.452. The molecule has 216 valence electrons. The van der Waals surface area contributed by atoms with E-state index in [2.05, 4.69) is 24.0 Å². The van der Waals surface area contributed by atoms with Crippen LogP contribution in [0.1, 0.15) is 56.2 Å². The number of halogens is 1. The minimum atomic E-state index is -0.681. The molecule has 0 spiro atoms. The Morgan fingerprint density at radius 3 is 2.30 bits per heavy atom. The predicted octanol–water partition coefficient (Wildman–Crippen LogP) is 6.48. The third kappa shape index (κ3) is 7.43. The molecule has 0 aliphatic heterocycles. The number of rotatable bonds is 13. The number of hydrogen-bond donors (Lipinski definition) is 3. The number of aliphatic carboxylic acids is 1. The number of methoxy groups -OCH3 is 1. The van der Waals surface area contributed by atoms with Crippen LogP contribution < -0.4 is 9.47 Å². The van der Waals surface area contributed by atoms with Crippen molar-refractivity contribution in [3.63, 3.8) is 0 Å². The molecule has 3 aromatic rings. The van der Waals surface area contributed by atoms with Crippen LogP contribution in [0.4, 0.5) is 0 Å². The molecule has 8 nitrogen and oxygen atoms in total. The molecule has 0 amide bonds. The van der Waals surface area contributed by atoms with E-state index >= 15 is 0 Å². The normalized spacial score (nSPS) is 18.0. The minimum absolute atomic E-state index is 0.0221. The van der Waals surface area contributed by atoms with Gasteiger partial charge in [-0.15, -0.1) is 0 Å². The maximum absolute atomic E-state index is 11.5. The van der Waals surface area contributed by atoms with Crippen LogP contribution in [0.25, 0.3) is 0 Å². The summed E-state index contributed by atoms with van der Waals surface area (Å²) in [5.41, 5.74) is 2.28. The van der Waals surface area contributed by atoms with Gasteiger partial charge in [0, 0.05) is 36.3 Å². The summed E-state index contributed by atoms with van der Waals surface area (Å²) in [6.45, 7) is 4.28. The molecule has 40 heavy (non-hydrogen) atoms. The molecular weight excluding hydrogens is 532 g/mol. The van der Waals surface area contributed by atoms with Crippen molar-refractivity contribution < 1.29 is 29.6 Å². The number of benzene rings is 2. The number of carboxylic acid groups (broad SMARTS) is 1. The van der Waals surface area contributed by atoms with Gasteiger partial charge in [0.1, 0.15) is 6.61 Å². The third-order valence-corrected chi connectivity index (χ3v) is 8.14. The highest BCUT2D eigenvalue weighted by molar-refractivity contribution is 6.30. The molecule has 1 heterocycles. The van der Waals surface area contributed by atoms with Crippen molar-refractivity contribution in [3.05, 3.63) is 70.7 Å². The molecule has 0 bridgehead atoms. The molecule has 2 aromatic carbocycles. The molecule has 1 aromatic heterocycles. The first-order valence-corrected chi connectivity index (χ1v) is 14.3. The van der Waals surface area contributed by atoms with E-state index in [1.807, 2.05) is 30.3 Å². The Bertz CT molecular complexity index is 1230. The van der Waals surface area contributed by atoms with Gasteiger partial charge in [-0.05, 0) is 73.4 Å². The van der Waals surface area contributed by atoms with Gasteiger partial charge in [0.05, 0.1) is 19.6 Å². The molecule has 0 saturated heterocycles. The van der Waals surface area contributed by atoms with Crippen molar-refractivity contribution in [1.82, 2.24) is 9.47 Å². The van der Waals surface area contributed by atoms with Crippen molar-refractivity contribution in [1.29, 1.82) is 0 Å². The molecule has 1 saturated carbocycles. The molecule has 9 heteroatoms. The van der Waals surface area contributed by atoms with Gasteiger partial charge in [0.2, 0.25) is 0 Å². The second kappa shape index (κ2) is 13.8. The van der Waals surface area contributed by atoms with E-state index in [0.29, 0.717) is 29.0 Å². The first-order valence-electron chi connectivity index (χ1n) is 13.9. The number of nitrogens with zero attached hydrogens (tertiary/aromatic N) is 2. The van der Waals surface area contributed by atoms with E-state index in [-0.39, 0.29) is 36.9 Å². The van der Waals surface area contributed by atoms with Crippen molar-refractivity contribution in [2.75, 3.05) is 20.3 Å². The monoisotopic (exact) mass is 570 g/mol. The number of aromatic hydroxyl groups is 2. The summed E-state index contributed by atoms with van der Waals surface area (Å²) in [6, 6.07) is 17.0. The zero-order chi connectivity index (χ0) is 28.6. The Morgan fingerprint density at radius 2 is 1.70 bits per heavy atom. The summed E-state index contributed by atoms with van der Waals surface area (Å²) in [5, 5.41) is 29.8. The topological polar surface area (TPSA) is 104 Å². The zero-order valence-electron chi connectivity index (χ0n) is 23.1. The maximum Gasteiger partial charge on any atom is 0.306 e. The Kier molecular flexibility index (Phi) is 10.2. The van der Waals surface area contributed by atoms with Gasteiger partial charge >= 0.3 is 5.97 Å². The van der Waals surface area contributed by atoms with Gasteiger partial charge in [0.25, 0.3) is 0 Å². The van der Waals surface area contributed by atoms with E-state index in [0.717, 1.165) is 44.2 Å². The Labute approximate surface area is 240 Å². The fourth-order valence-corrected chi connectivity index (χ4v) is 5.83. The third-order valence-electron chi connectivity index (χ3n) is 7.89. The van der Waals surface area contributed by atoms with Gasteiger partial charge in [-0.2, -0.15) is 0 Å². The summed E-state index contributed by atoms with van der Waals surface area (Å²) >= 11 is 6.18. The lowest BCUT2D eigenvalue weighted by molar-refractivity contribution is -0.143. The molecule has 1 atom stereocenters. The average molecular weight is 571 g/mol. The fourth-order valence-electron chi connectivity index (χ4n) is 5.70. The first kappa shape index (κ1) is 29.6. The maximum atomic E-state index is 11.5. The van der Waals surface area contributed by atoms with Crippen molar-refractivity contribution in [3.8, 4) is 23.3 Å². The van der Waals surface area contributed by atoms with Crippen LogP contribution in [0, 0.1) is 11.8 Å². The summed E-state index contributed by atoms with van der Waals surface area (Å²) in [7, 11) is 1.61. The minimum Gasteiger partial charge on any atom is -0.494 e. The zero-order valence-corrected chi connectivity index (χ0v) is 23.9. The molecule has 4 rings (SSSR count). The molecule has 1 aliphatic rings. The van der Waals surface area contributed by atoms with Gasteiger partial charge < -0.3 is 24.8 Å². The van der Waals surface area contributed by atoms with E-state index < -0.39 is 5.97 Å². The van der Waals surface area contributed by atoms with Crippen LogP contribution in [0.3, 0.4) is 0 Å². The van der Waals surface area contributed by atoms with Crippen LogP contribution in [0.15, 0.2) is 54.6 Å². The van der Waals surface area contributed by atoms with E-state index in [1.54, 1.807) is 7.11 Å². The number of aromatic nitrogens is 1. The highest BCUT2D eigenvalue weighted by Crippen LogP contribution is 2.35. The average Bonchev–Trinajstić information content (AvgIpc) is 3.27. The second-order valence-corrected chi connectivity index (χ2v) is 10.9. The molecular formula is C31H39ClN2O6. The Hall–Kier alpha value is -3.36. The van der Waals surface area contributed by atoms with Crippen LogP contribution >= 0.6 is 11.6 Å². The molecule has 1 unspecified atom stereocenters. The molecule has 0 radical (unpaired) electrons. The lowest BCUT2D eigenvalue weighted by Gasteiger charge is -2.36. The highest BCUT2D eigenvalue weighted by Gasteiger charge is 2.29. The Balaban J connectivity index is 1.49. The van der Waals surface area contributed by atoms with Crippen molar-refractivity contribution in [2.24, 2.45) is 11.8 Å². The Morgan fingerprint density at radius 1 is 1.02 bits per heavy atom. The van der Waals surface area contributed by atoms with Crippen LogP contribution in [0.5, 0.6) is 23.3 Å². The predicted molar refractivity (Wildman–Crippen MR) is 154 cm³/mol. The first-order chi connectivity index (χ1) is 19.3. The van der Waals surface area contributed by atoms with Gasteiger partial charge in [0.15, 0.2) is 23.3 Å². The quantitative estimate of drug-likeness (QED) is 0.216. The van der Waals surface area contributed by atoms with E-state index in [9.17, 15) is 20.1 Å². The molecule has 1 aliphatic carbocycles. The van der Waals surface area contributed by atoms with Crippen LogP contribution in [-0.4, -0.2) is 51.0 Å². The number of ether oxygens (including phenoxy) is 2. The smallest absolute Gasteiger partial charge is 0.306 e. The number of hydrogen-bond acceptors (Lipinski definition) is 6. The van der Waals surface area contributed by atoms with Crippen LogP contribution in [-0.2, 0) is 17.9 Å². The van der Waals surface area contributed by atoms with Crippen molar-refractivity contribution in [2.45, 2.75) is 58.2 Å². The van der Waals surface area contributed by atoms with E-state index in [1.165, 1.54) is 22.3 Å². The lowest BCUT2D eigenvalue weighted by atomic mass is 9.81. The SMILES string of the molecule is CCC(c1ccc(Cl)cc1)N(Cc1ccc(OCCn2c(O)ccc2O)c(OC)c1)CC1CCC(C(=O)O)CC1. The molecule has 3 N–H and O–H groups in total.